The summed E-state index contributed by atoms with van der Waals surface area (Å²) in [6, 6.07) is 0. The monoisotopic (exact) mass is 498 g/mol. The van der Waals surface area contributed by atoms with Gasteiger partial charge in [-0.15, -0.1) is 11.6 Å². The summed E-state index contributed by atoms with van der Waals surface area (Å²) in [5.41, 5.74) is 0. The molecule has 1 rings (SSSR count). The quantitative estimate of drug-likeness (QED) is 0.141. The Hall–Kier alpha value is -1.99. The molecule has 0 amide bonds. The van der Waals surface area contributed by atoms with Gasteiger partial charge in [-0.2, -0.15) is 0 Å². The lowest BCUT2D eigenvalue weighted by Gasteiger charge is -2.44. The van der Waals surface area contributed by atoms with Crippen molar-refractivity contribution in [2.24, 2.45) is 0 Å². The summed E-state index contributed by atoms with van der Waals surface area (Å²) in [5.74, 6) is -2.36. The molecule has 5 unspecified atom stereocenters. The van der Waals surface area contributed by atoms with E-state index in [-0.39, 0.29) is 19.8 Å². The van der Waals surface area contributed by atoms with E-state index in [0.29, 0.717) is 25.7 Å². The van der Waals surface area contributed by atoms with Gasteiger partial charge >= 0.3 is 23.9 Å². The van der Waals surface area contributed by atoms with E-state index in [1.807, 2.05) is 0 Å². The molecule has 0 aromatic rings. The number of hydrogen-bond donors (Lipinski definition) is 0. The Morgan fingerprint density at radius 1 is 0.697 bits per heavy atom. The molecule has 1 saturated heterocycles. The third kappa shape index (κ3) is 11.6. The van der Waals surface area contributed by atoms with Crippen molar-refractivity contribution < 1.29 is 57.1 Å². The zero-order chi connectivity index (χ0) is 24.8. The number of alkyl halides is 1. The van der Waals surface area contributed by atoms with Crippen molar-refractivity contribution in [2.75, 3.05) is 45.5 Å². The second kappa shape index (κ2) is 15.8. The predicted octanol–water partition coefficient (Wildman–Crippen LogP) is 0.358. The van der Waals surface area contributed by atoms with Crippen molar-refractivity contribution >= 4 is 35.5 Å². The minimum absolute atomic E-state index is 0.0171. The molecule has 0 saturated carbocycles. The molecule has 33 heavy (non-hydrogen) atoms. The van der Waals surface area contributed by atoms with Gasteiger partial charge in [0.05, 0.1) is 33.0 Å². The molecular weight excluding hydrogens is 468 g/mol. The van der Waals surface area contributed by atoms with Crippen molar-refractivity contribution in [3.63, 3.8) is 0 Å². The molecule has 0 aliphatic carbocycles. The summed E-state index contributed by atoms with van der Waals surface area (Å²) in [5, 5.41) is 0. The first-order valence-corrected chi connectivity index (χ1v) is 10.8. The topological polar surface area (TPSA) is 142 Å². The van der Waals surface area contributed by atoms with Crippen molar-refractivity contribution in [2.45, 2.75) is 58.4 Å². The summed E-state index contributed by atoms with van der Waals surface area (Å²) >= 11 is 5.51. The first kappa shape index (κ1) is 29.0. The number of carbonyl (C=O) groups is 4. The van der Waals surface area contributed by atoms with Gasteiger partial charge in [-0.05, 0) is 0 Å². The number of carbonyl (C=O) groups excluding carboxylic acids is 4. The first-order chi connectivity index (χ1) is 15.6. The van der Waals surface area contributed by atoms with Gasteiger partial charge in [0, 0.05) is 33.6 Å². The maximum Gasteiger partial charge on any atom is 0.303 e. The SMILES string of the molecule is CC(=O)OCC1OC(OCCOCCOCCCl)C(OC(C)=O)C(OC(C)=O)C1OC(C)=O. The van der Waals surface area contributed by atoms with E-state index >= 15 is 0 Å². The Bertz CT molecular complexity index is 643. The molecule has 1 aliphatic rings. The molecule has 1 heterocycles. The van der Waals surface area contributed by atoms with Crippen LogP contribution in [0.2, 0.25) is 0 Å². The van der Waals surface area contributed by atoms with E-state index in [1.165, 1.54) is 6.92 Å². The zero-order valence-corrected chi connectivity index (χ0v) is 19.9. The average molecular weight is 499 g/mol. The van der Waals surface area contributed by atoms with E-state index in [9.17, 15) is 19.2 Å². The van der Waals surface area contributed by atoms with Gasteiger partial charge in [-0.25, -0.2) is 0 Å². The van der Waals surface area contributed by atoms with Crippen molar-refractivity contribution in [1.82, 2.24) is 0 Å². The summed E-state index contributed by atoms with van der Waals surface area (Å²) in [6.07, 6.45) is -6.08. The van der Waals surface area contributed by atoms with Crippen LogP contribution in [0.3, 0.4) is 0 Å². The highest BCUT2D eigenvalue weighted by molar-refractivity contribution is 6.17. The molecule has 13 heteroatoms. The van der Waals surface area contributed by atoms with Gasteiger partial charge < -0.3 is 37.9 Å². The highest BCUT2D eigenvalue weighted by Gasteiger charge is 2.52. The molecular formula is C20H31ClO12. The van der Waals surface area contributed by atoms with Crippen molar-refractivity contribution in [1.29, 1.82) is 0 Å². The summed E-state index contributed by atoms with van der Waals surface area (Å²) in [6.45, 7) is 5.53. The molecule has 1 fully saturated rings. The molecule has 1 aliphatic heterocycles. The zero-order valence-electron chi connectivity index (χ0n) is 19.1. The van der Waals surface area contributed by atoms with Gasteiger partial charge in [0.1, 0.15) is 12.7 Å². The van der Waals surface area contributed by atoms with Gasteiger partial charge in [0.2, 0.25) is 0 Å². The van der Waals surface area contributed by atoms with Crippen LogP contribution in [-0.4, -0.2) is 100 Å². The third-order valence-electron chi connectivity index (χ3n) is 4.05. The van der Waals surface area contributed by atoms with E-state index in [0.717, 1.165) is 20.8 Å². The third-order valence-corrected chi connectivity index (χ3v) is 4.21. The van der Waals surface area contributed by atoms with Crippen LogP contribution < -0.4 is 0 Å². The molecule has 0 aromatic carbocycles. The Balaban J connectivity index is 2.95. The van der Waals surface area contributed by atoms with E-state index < -0.39 is 54.6 Å². The molecule has 0 bridgehead atoms. The Labute approximate surface area is 197 Å². The van der Waals surface area contributed by atoms with Crippen LogP contribution in [0.5, 0.6) is 0 Å². The minimum Gasteiger partial charge on any atom is -0.463 e. The van der Waals surface area contributed by atoms with E-state index in [2.05, 4.69) is 0 Å². The predicted molar refractivity (Wildman–Crippen MR) is 110 cm³/mol. The Morgan fingerprint density at radius 2 is 1.21 bits per heavy atom. The second-order valence-electron chi connectivity index (χ2n) is 6.85. The summed E-state index contributed by atoms with van der Waals surface area (Å²) < 4.78 is 42.9. The van der Waals surface area contributed by atoms with Crippen molar-refractivity contribution in [3.8, 4) is 0 Å². The number of esters is 4. The Kier molecular flexibility index (Phi) is 13.9. The van der Waals surface area contributed by atoms with Gasteiger partial charge in [-0.1, -0.05) is 0 Å². The molecule has 190 valence electrons. The van der Waals surface area contributed by atoms with Crippen LogP contribution in [0.15, 0.2) is 0 Å². The molecule has 0 aromatic heterocycles. The molecule has 12 nitrogen and oxygen atoms in total. The average Bonchev–Trinajstić information content (AvgIpc) is 2.71. The lowest BCUT2D eigenvalue weighted by Crippen LogP contribution is -2.63. The van der Waals surface area contributed by atoms with Gasteiger partial charge in [0.25, 0.3) is 0 Å². The highest BCUT2D eigenvalue weighted by atomic mass is 35.5. The summed E-state index contributed by atoms with van der Waals surface area (Å²) in [4.78, 5) is 46.4. The largest absolute Gasteiger partial charge is 0.463 e. The first-order valence-electron chi connectivity index (χ1n) is 10.3. The number of hydrogen-bond acceptors (Lipinski definition) is 12. The maximum absolute atomic E-state index is 11.8. The van der Waals surface area contributed by atoms with Crippen LogP contribution in [0.1, 0.15) is 27.7 Å². The molecule has 0 spiro atoms. The minimum atomic E-state index is -1.28. The highest BCUT2D eigenvalue weighted by Crippen LogP contribution is 2.29. The van der Waals surface area contributed by atoms with Crippen LogP contribution in [0.4, 0.5) is 0 Å². The van der Waals surface area contributed by atoms with Crippen LogP contribution in [0, 0.1) is 0 Å². The second-order valence-corrected chi connectivity index (χ2v) is 7.23. The smallest absolute Gasteiger partial charge is 0.303 e. The fourth-order valence-electron chi connectivity index (χ4n) is 2.92. The van der Waals surface area contributed by atoms with Crippen LogP contribution in [0.25, 0.3) is 0 Å². The molecule has 0 N–H and O–H groups in total. The lowest BCUT2D eigenvalue weighted by atomic mass is 9.98. The number of halogens is 1. The lowest BCUT2D eigenvalue weighted by molar-refractivity contribution is -0.309. The van der Waals surface area contributed by atoms with Gasteiger partial charge in [0.15, 0.2) is 24.6 Å². The fraction of sp³-hybridized carbons (Fsp3) is 0.800. The van der Waals surface area contributed by atoms with Gasteiger partial charge in [-0.3, -0.25) is 19.2 Å². The molecule has 0 radical (unpaired) electrons. The number of rotatable bonds is 14. The van der Waals surface area contributed by atoms with E-state index in [1.54, 1.807) is 0 Å². The fourth-order valence-corrected chi connectivity index (χ4v) is 3.03. The number of ether oxygens (including phenoxy) is 8. The maximum atomic E-state index is 11.8. The standard InChI is InChI=1S/C20H31ClO12/c1-12(22)29-11-16-17(30-13(2)23)18(31-14(3)24)19(32-15(4)25)20(33-16)28-10-9-27-8-7-26-6-5-21/h16-20H,5-11H2,1-4H3. The Morgan fingerprint density at radius 3 is 1.76 bits per heavy atom. The van der Waals surface area contributed by atoms with E-state index in [4.69, 9.17) is 49.5 Å². The van der Waals surface area contributed by atoms with Crippen molar-refractivity contribution in [3.05, 3.63) is 0 Å². The van der Waals surface area contributed by atoms with Crippen LogP contribution in [-0.2, 0) is 57.1 Å². The summed E-state index contributed by atoms with van der Waals surface area (Å²) in [7, 11) is 0. The molecule has 5 atom stereocenters. The normalized spacial score (nSPS) is 24.6. The van der Waals surface area contributed by atoms with Crippen LogP contribution >= 0.6 is 11.6 Å².